The largest absolute Gasteiger partial charge is 0.497 e. The number of aryl methyl sites for hydroxylation is 1. The number of carbonyl (C=O) groups is 2. The van der Waals surface area contributed by atoms with Crippen molar-refractivity contribution in [2.24, 2.45) is 0 Å². The number of fused-ring (bicyclic) bond motifs is 2. The predicted molar refractivity (Wildman–Crippen MR) is 85.1 cm³/mol. The van der Waals surface area contributed by atoms with E-state index in [0.717, 1.165) is 22.4 Å². The Morgan fingerprint density at radius 1 is 1.28 bits per heavy atom. The van der Waals surface area contributed by atoms with Gasteiger partial charge in [-0.3, -0.25) is 9.69 Å². The van der Waals surface area contributed by atoms with E-state index in [1.807, 2.05) is 18.2 Å². The average Bonchev–Trinajstić information content (AvgIpc) is 3.29. The zero-order chi connectivity index (χ0) is 17.6. The fraction of sp³-hybridized carbons (Fsp3) is 0.353. The molecular weight excluding hydrogens is 326 g/mol. The number of rotatable bonds is 4. The van der Waals surface area contributed by atoms with Gasteiger partial charge in [0.05, 0.1) is 20.8 Å². The van der Waals surface area contributed by atoms with Gasteiger partial charge in [-0.15, -0.1) is 0 Å². The van der Waals surface area contributed by atoms with Gasteiger partial charge >= 0.3 is 6.03 Å². The first kappa shape index (κ1) is 15.5. The number of hydrogen-bond donors (Lipinski definition) is 1. The van der Waals surface area contributed by atoms with Gasteiger partial charge in [0.2, 0.25) is 0 Å². The Labute approximate surface area is 143 Å². The lowest BCUT2D eigenvalue weighted by Crippen LogP contribution is -2.41. The molecule has 25 heavy (non-hydrogen) atoms. The monoisotopic (exact) mass is 343 g/mol. The molecule has 1 N–H and O–H groups in total. The van der Waals surface area contributed by atoms with Crippen molar-refractivity contribution in [1.29, 1.82) is 0 Å². The molecule has 2 heterocycles. The fourth-order valence-corrected chi connectivity index (χ4v) is 3.50. The van der Waals surface area contributed by atoms with E-state index in [1.54, 1.807) is 13.2 Å². The molecular formula is C17H17N3O5. The Kier molecular flexibility index (Phi) is 3.41. The van der Waals surface area contributed by atoms with Crippen LogP contribution >= 0.6 is 0 Å². The molecule has 1 spiro atoms. The van der Waals surface area contributed by atoms with Gasteiger partial charge in [-0.05, 0) is 41.3 Å². The summed E-state index contributed by atoms with van der Waals surface area (Å²) < 4.78 is 15.3. The highest BCUT2D eigenvalue weighted by Crippen LogP contribution is 2.43. The van der Waals surface area contributed by atoms with Crippen LogP contribution in [0.5, 0.6) is 11.6 Å². The summed E-state index contributed by atoms with van der Waals surface area (Å²) in [5.41, 5.74) is 0.797. The summed E-state index contributed by atoms with van der Waals surface area (Å²) in [6, 6.07) is 6.72. The first-order valence-electron chi connectivity index (χ1n) is 7.88. The van der Waals surface area contributed by atoms with Gasteiger partial charge in [-0.25, -0.2) is 4.79 Å². The Morgan fingerprint density at radius 2 is 2.12 bits per heavy atom. The van der Waals surface area contributed by atoms with Gasteiger partial charge in [-0.1, -0.05) is 6.07 Å². The smallest absolute Gasteiger partial charge is 0.325 e. The van der Waals surface area contributed by atoms with Crippen LogP contribution in [-0.4, -0.2) is 36.2 Å². The second-order valence-electron chi connectivity index (χ2n) is 6.09. The van der Waals surface area contributed by atoms with Crippen LogP contribution in [0.4, 0.5) is 4.79 Å². The van der Waals surface area contributed by atoms with Crippen molar-refractivity contribution < 1.29 is 23.6 Å². The number of imide groups is 1. The molecule has 1 fully saturated rings. The summed E-state index contributed by atoms with van der Waals surface area (Å²) in [4.78, 5) is 26.7. The molecule has 1 saturated heterocycles. The molecule has 0 saturated carbocycles. The summed E-state index contributed by atoms with van der Waals surface area (Å²) in [6.45, 7) is 0.00206. The first-order chi connectivity index (χ1) is 12.1. The van der Waals surface area contributed by atoms with Crippen molar-refractivity contribution in [3.63, 3.8) is 0 Å². The molecule has 8 nitrogen and oxygen atoms in total. The molecule has 2 aliphatic rings. The third-order valence-corrected chi connectivity index (χ3v) is 4.78. The lowest BCUT2D eigenvalue weighted by Gasteiger charge is -2.22. The number of benzene rings is 1. The van der Waals surface area contributed by atoms with Gasteiger partial charge in [0.15, 0.2) is 5.76 Å². The standard InChI is InChI=1S/C17H17N3O5/c1-23-11-4-3-10-5-6-17(13(10)7-11)15(21)20(16(22)18-17)9-12-8-14(24-2)19-25-12/h3-4,7-8H,5-6,9H2,1-2H3,(H,18,22)/t17-/m1/s1. The molecule has 2 aromatic rings. The van der Waals surface area contributed by atoms with Crippen LogP contribution in [0.15, 0.2) is 28.8 Å². The molecule has 1 aliphatic heterocycles. The summed E-state index contributed by atoms with van der Waals surface area (Å²) in [5.74, 6) is 1.04. The second-order valence-corrected chi connectivity index (χ2v) is 6.09. The highest BCUT2D eigenvalue weighted by molar-refractivity contribution is 6.08. The van der Waals surface area contributed by atoms with Crippen molar-refractivity contribution in [1.82, 2.24) is 15.4 Å². The van der Waals surface area contributed by atoms with Crippen molar-refractivity contribution in [3.05, 3.63) is 41.2 Å². The number of amides is 3. The van der Waals surface area contributed by atoms with Gasteiger partial charge < -0.3 is 19.3 Å². The topological polar surface area (TPSA) is 93.9 Å². The minimum atomic E-state index is -1.04. The quantitative estimate of drug-likeness (QED) is 0.847. The van der Waals surface area contributed by atoms with E-state index >= 15 is 0 Å². The van der Waals surface area contributed by atoms with Crippen LogP contribution in [0.25, 0.3) is 0 Å². The lowest BCUT2D eigenvalue weighted by molar-refractivity contribution is -0.132. The van der Waals surface area contributed by atoms with Crippen LogP contribution in [0, 0.1) is 0 Å². The Morgan fingerprint density at radius 3 is 2.84 bits per heavy atom. The van der Waals surface area contributed by atoms with Crippen molar-refractivity contribution in [2.45, 2.75) is 24.9 Å². The molecule has 1 aromatic heterocycles. The van der Waals surface area contributed by atoms with E-state index in [2.05, 4.69) is 10.5 Å². The normalized spacial score (nSPS) is 21.6. The first-order valence-corrected chi connectivity index (χ1v) is 7.88. The van der Waals surface area contributed by atoms with Crippen LogP contribution < -0.4 is 14.8 Å². The number of methoxy groups -OCH3 is 2. The van der Waals surface area contributed by atoms with Crippen molar-refractivity contribution in [2.75, 3.05) is 14.2 Å². The van der Waals surface area contributed by atoms with E-state index in [-0.39, 0.29) is 12.5 Å². The summed E-state index contributed by atoms with van der Waals surface area (Å²) in [6.07, 6.45) is 1.24. The number of nitrogens with one attached hydrogen (secondary N) is 1. The molecule has 8 heteroatoms. The van der Waals surface area contributed by atoms with E-state index < -0.39 is 11.6 Å². The maximum Gasteiger partial charge on any atom is 0.325 e. The Bertz CT molecular complexity index is 862. The van der Waals surface area contributed by atoms with E-state index in [0.29, 0.717) is 23.8 Å². The van der Waals surface area contributed by atoms with E-state index in [9.17, 15) is 9.59 Å². The summed E-state index contributed by atoms with van der Waals surface area (Å²) in [7, 11) is 3.04. The van der Waals surface area contributed by atoms with Gasteiger partial charge in [0.25, 0.3) is 11.8 Å². The number of aromatic nitrogens is 1. The second kappa shape index (κ2) is 5.51. The lowest BCUT2D eigenvalue weighted by atomic mass is 9.91. The maximum atomic E-state index is 13.1. The predicted octanol–water partition coefficient (Wildman–Crippen LogP) is 1.59. The van der Waals surface area contributed by atoms with E-state index in [1.165, 1.54) is 7.11 Å². The van der Waals surface area contributed by atoms with Crippen molar-refractivity contribution >= 4 is 11.9 Å². The highest BCUT2D eigenvalue weighted by Gasteiger charge is 2.55. The van der Waals surface area contributed by atoms with Gasteiger partial charge in [0.1, 0.15) is 11.3 Å². The Hall–Kier alpha value is -3.03. The van der Waals surface area contributed by atoms with Gasteiger partial charge in [-0.2, -0.15) is 0 Å². The van der Waals surface area contributed by atoms with Crippen LogP contribution in [0.2, 0.25) is 0 Å². The zero-order valence-electron chi connectivity index (χ0n) is 13.9. The summed E-state index contributed by atoms with van der Waals surface area (Å²) in [5, 5.41) is 6.56. The molecule has 0 bridgehead atoms. The fourth-order valence-electron chi connectivity index (χ4n) is 3.50. The molecule has 1 aliphatic carbocycles. The number of hydrogen-bond acceptors (Lipinski definition) is 6. The minimum absolute atomic E-state index is 0.00206. The average molecular weight is 343 g/mol. The molecule has 1 atom stereocenters. The highest BCUT2D eigenvalue weighted by atomic mass is 16.5. The van der Waals surface area contributed by atoms with Gasteiger partial charge in [0, 0.05) is 6.07 Å². The zero-order valence-corrected chi connectivity index (χ0v) is 13.9. The SMILES string of the molecule is COc1ccc2c(c1)[C@@]1(CC2)NC(=O)N(Cc2cc(OC)no2)C1=O. The van der Waals surface area contributed by atoms with Crippen LogP contribution in [0.1, 0.15) is 23.3 Å². The number of carbonyl (C=O) groups excluding carboxylic acids is 2. The third-order valence-electron chi connectivity index (χ3n) is 4.78. The van der Waals surface area contributed by atoms with Crippen molar-refractivity contribution in [3.8, 4) is 11.6 Å². The van der Waals surface area contributed by atoms with E-state index in [4.69, 9.17) is 14.0 Å². The minimum Gasteiger partial charge on any atom is -0.497 e. The molecule has 3 amide bonds. The molecule has 1 aromatic carbocycles. The molecule has 0 radical (unpaired) electrons. The number of nitrogens with zero attached hydrogens (tertiary/aromatic N) is 2. The number of urea groups is 1. The molecule has 130 valence electrons. The van der Waals surface area contributed by atoms with Crippen LogP contribution in [-0.2, 0) is 23.3 Å². The van der Waals surface area contributed by atoms with Crippen LogP contribution in [0.3, 0.4) is 0 Å². The summed E-state index contributed by atoms with van der Waals surface area (Å²) >= 11 is 0. The Balaban J connectivity index is 1.66. The maximum absolute atomic E-state index is 13.1. The molecule has 4 rings (SSSR count). The molecule has 0 unspecified atom stereocenters. The third kappa shape index (κ3) is 2.25. The number of ether oxygens (including phenoxy) is 2.